The van der Waals surface area contributed by atoms with Crippen LogP contribution >= 0.6 is 34.8 Å². The second-order valence-electron chi connectivity index (χ2n) is 5.89. The van der Waals surface area contributed by atoms with Gasteiger partial charge in [0.15, 0.2) is 6.61 Å². The molecular formula is C18H17Cl3N2O3. The molecule has 1 aliphatic rings. The molecule has 1 amide bonds. The highest BCUT2D eigenvalue weighted by Crippen LogP contribution is 2.28. The lowest BCUT2D eigenvalue weighted by atomic mass is 10.1. The van der Waals surface area contributed by atoms with E-state index in [4.69, 9.17) is 44.3 Å². The van der Waals surface area contributed by atoms with E-state index < -0.39 is 0 Å². The molecule has 0 radical (unpaired) electrons. The van der Waals surface area contributed by atoms with E-state index in [1.54, 1.807) is 35.4 Å². The van der Waals surface area contributed by atoms with Crippen molar-refractivity contribution >= 4 is 40.7 Å². The van der Waals surface area contributed by atoms with Gasteiger partial charge in [-0.05, 0) is 31.0 Å². The first kappa shape index (κ1) is 19.1. The number of halogens is 3. The van der Waals surface area contributed by atoms with Crippen LogP contribution in [0.1, 0.15) is 12.8 Å². The minimum Gasteiger partial charge on any atom is -0.487 e. The zero-order valence-electron chi connectivity index (χ0n) is 13.8. The van der Waals surface area contributed by atoms with Gasteiger partial charge in [-0.25, -0.2) is 0 Å². The zero-order chi connectivity index (χ0) is 18.5. The van der Waals surface area contributed by atoms with Crippen LogP contribution in [0.5, 0.6) is 11.5 Å². The molecule has 1 atom stereocenters. The van der Waals surface area contributed by atoms with Crippen molar-refractivity contribution in [1.29, 1.82) is 0 Å². The van der Waals surface area contributed by atoms with E-state index in [0.29, 0.717) is 39.7 Å². The van der Waals surface area contributed by atoms with Crippen molar-refractivity contribution in [2.24, 2.45) is 0 Å². The van der Waals surface area contributed by atoms with E-state index in [2.05, 4.69) is 4.98 Å². The Hall–Kier alpha value is -1.69. The summed E-state index contributed by atoms with van der Waals surface area (Å²) in [5.41, 5.74) is 0. The molecule has 1 aliphatic heterocycles. The highest BCUT2D eigenvalue weighted by atomic mass is 35.5. The van der Waals surface area contributed by atoms with Crippen molar-refractivity contribution in [2.45, 2.75) is 18.9 Å². The summed E-state index contributed by atoms with van der Waals surface area (Å²) >= 11 is 18.0. The predicted molar refractivity (Wildman–Crippen MR) is 101 cm³/mol. The summed E-state index contributed by atoms with van der Waals surface area (Å²) in [5.74, 6) is 0.882. The van der Waals surface area contributed by atoms with Crippen molar-refractivity contribution < 1.29 is 14.3 Å². The number of likely N-dealkylation sites (tertiary alicyclic amines) is 1. The summed E-state index contributed by atoms with van der Waals surface area (Å²) in [6.07, 6.45) is 4.74. The fourth-order valence-corrected chi connectivity index (χ4v) is 3.35. The quantitative estimate of drug-likeness (QED) is 0.722. The number of carbonyl (C=O) groups excluding carboxylic acids is 1. The molecule has 0 spiro atoms. The second kappa shape index (κ2) is 8.80. The number of aromatic nitrogens is 1. The number of nitrogens with zero attached hydrogens (tertiary/aromatic N) is 2. The minimum absolute atomic E-state index is 0.0932. The average Bonchev–Trinajstić information content (AvgIpc) is 2.63. The summed E-state index contributed by atoms with van der Waals surface area (Å²) in [6.45, 7) is 1.06. The first-order chi connectivity index (χ1) is 12.5. The van der Waals surface area contributed by atoms with E-state index in [0.717, 1.165) is 12.8 Å². The third-order valence-electron chi connectivity index (χ3n) is 4.00. The van der Waals surface area contributed by atoms with E-state index >= 15 is 0 Å². The molecule has 1 aromatic heterocycles. The molecule has 0 N–H and O–H groups in total. The molecule has 3 rings (SSSR count). The van der Waals surface area contributed by atoms with Gasteiger partial charge in [-0.3, -0.25) is 9.78 Å². The number of ether oxygens (including phenoxy) is 2. The Morgan fingerprint density at radius 2 is 2.04 bits per heavy atom. The Morgan fingerprint density at radius 1 is 1.19 bits per heavy atom. The van der Waals surface area contributed by atoms with Crippen molar-refractivity contribution in [3.63, 3.8) is 0 Å². The van der Waals surface area contributed by atoms with Crippen LogP contribution < -0.4 is 9.47 Å². The Balaban J connectivity index is 1.55. The molecule has 0 saturated carbocycles. The van der Waals surface area contributed by atoms with Crippen LogP contribution in [0.25, 0.3) is 0 Å². The number of carbonyl (C=O) groups is 1. The normalized spacial score (nSPS) is 17.0. The van der Waals surface area contributed by atoms with Gasteiger partial charge in [-0.15, -0.1) is 0 Å². The van der Waals surface area contributed by atoms with E-state index in [1.807, 2.05) is 0 Å². The topological polar surface area (TPSA) is 51.7 Å². The number of hydrogen-bond acceptors (Lipinski definition) is 4. The van der Waals surface area contributed by atoms with Gasteiger partial charge in [0.1, 0.15) is 22.6 Å². The van der Waals surface area contributed by atoms with Gasteiger partial charge >= 0.3 is 0 Å². The fourth-order valence-electron chi connectivity index (χ4n) is 2.72. The maximum atomic E-state index is 12.5. The van der Waals surface area contributed by atoms with Crippen molar-refractivity contribution in [3.8, 4) is 11.5 Å². The smallest absolute Gasteiger partial charge is 0.260 e. The van der Waals surface area contributed by atoms with E-state index in [-0.39, 0.29) is 18.6 Å². The highest BCUT2D eigenvalue weighted by Gasteiger charge is 2.25. The number of piperidine rings is 1. The first-order valence-electron chi connectivity index (χ1n) is 8.14. The summed E-state index contributed by atoms with van der Waals surface area (Å²) in [6, 6.07) is 6.60. The number of rotatable bonds is 5. The number of pyridine rings is 1. The van der Waals surface area contributed by atoms with Crippen molar-refractivity contribution in [3.05, 3.63) is 51.7 Å². The predicted octanol–water partition coefficient (Wildman–Crippen LogP) is 4.49. The van der Waals surface area contributed by atoms with Crippen LogP contribution in [0, 0.1) is 0 Å². The lowest BCUT2D eigenvalue weighted by Crippen LogP contribution is -2.46. The van der Waals surface area contributed by atoms with E-state index in [1.165, 1.54) is 6.20 Å². The Bertz CT molecular complexity index is 788. The molecule has 26 heavy (non-hydrogen) atoms. The standard InChI is InChI=1S/C18H17Cl3N2O3/c19-12-3-4-16(14(20)8-12)25-11-18(24)23-7-1-2-13(10-23)26-17-5-6-22-9-15(17)21/h3-6,8-9,13H,1-2,7,10-11H2. The lowest BCUT2D eigenvalue weighted by molar-refractivity contribution is -0.136. The molecular weight excluding hydrogens is 399 g/mol. The third-order valence-corrected chi connectivity index (χ3v) is 4.82. The van der Waals surface area contributed by atoms with Crippen molar-refractivity contribution in [1.82, 2.24) is 9.88 Å². The molecule has 2 aromatic rings. The van der Waals surface area contributed by atoms with Gasteiger partial charge in [0, 0.05) is 30.0 Å². The monoisotopic (exact) mass is 414 g/mol. The SMILES string of the molecule is O=C(COc1ccc(Cl)cc1Cl)N1CCCC(Oc2ccncc2Cl)C1. The van der Waals surface area contributed by atoms with Gasteiger partial charge in [-0.2, -0.15) is 0 Å². The summed E-state index contributed by atoms with van der Waals surface area (Å²) in [4.78, 5) is 18.1. The summed E-state index contributed by atoms with van der Waals surface area (Å²) in [5, 5.41) is 1.34. The molecule has 8 heteroatoms. The summed E-state index contributed by atoms with van der Waals surface area (Å²) < 4.78 is 11.4. The van der Waals surface area contributed by atoms with Crippen LogP contribution in [0.3, 0.4) is 0 Å². The maximum Gasteiger partial charge on any atom is 0.260 e. The molecule has 2 heterocycles. The van der Waals surface area contributed by atoms with Gasteiger partial charge in [-0.1, -0.05) is 34.8 Å². The maximum absolute atomic E-state index is 12.5. The zero-order valence-corrected chi connectivity index (χ0v) is 16.1. The second-order valence-corrected chi connectivity index (χ2v) is 7.14. The van der Waals surface area contributed by atoms with Crippen LogP contribution in [0.4, 0.5) is 0 Å². The van der Waals surface area contributed by atoms with E-state index in [9.17, 15) is 4.79 Å². The molecule has 1 fully saturated rings. The lowest BCUT2D eigenvalue weighted by Gasteiger charge is -2.33. The van der Waals surface area contributed by atoms with Gasteiger partial charge in [0.2, 0.25) is 0 Å². The number of amides is 1. The Morgan fingerprint density at radius 3 is 2.81 bits per heavy atom. The van der Waals surface area contributed by atoms with Gasteiger partial charge < -0.3 is 14.4 Å². The molecule has 0 aliphatic carbocycles. The molecule has 0 bridgehead atoms. The first-order valence-corrected chi connectivity index (χ1v) is 9.28. The Labute approximate surface area is 166 Å². The highest BCUT2D eigenvalue weighted by molar-refractivity contribution is 6.35. The van der Waals surface area contributed by atoms with Crippen LogP contribution in [0.15, 0.2) is 36.7 Å². The molecule has 1 unspecified atom stereocenters. The molecule has 138 valence electrons. The minimum atomic E-state index is -0.120. The number of benzene rings is 1. The largest absolute Gasteiger partial charge is 0.487 e. The molecule has 1 saturated heterocycles. The molecule has 1 aromatic carbocycles. The van der Waals surface area contributed by atoms with Crippen LogP contribution in [0.2, 0.25) is 15.1 Å². The average molecular weight is 416 g/mol. The van der Waals surface area contributed by atoms with Gasteiger partial charge in [0.05, 0.1) is 11.6 Å². The third kappa shape index (κ3) is 4.93. The van der Waals surface area contributed by atoms with Gasteiger partial charge in [0.25, 0.3) is 5.91 Å². The van der Waals surface area contributed by atoms with Crippen LogP contribution in [-0.4, -0.2) is 41.6 Å². The van der Waals surface area contributed by atoms with Crippen molar-refractivity contribution in [2.75, 3.05) is 19.7 Å². The fraction of sp³-hybridized carbons (Fsp3) is 0.333. The van der Waals surface area contributed by atoms with Crippen LogP contribution in [-0.2, 0) is 4.79 Å². The Kier molecular flexibility index (Phi) is 6.46. The number of hydrogen-bond donors (Lipinski definition) is 0. The molecule has 5 nitrogen and oxygen atoms in total. The summed E-state index contributed by atoms with van der Waals surface area (Å²) in [7, 11) is 0.